The van der Waals surface area contributed by atoms with Crippen LogP contribution >= 0.6 is 22.6 Å². The Hall–Kier alpha value is -7.53. The van der Waals surface area contributed by atoms with Crippen molar-refractivity contribution in [1.29, 1.82) is 0 Å². The molecule has 72 heavy (non-hydrogen) atoms. The van der Waals surface area contributed by atoms with Crippen LogP contribution in [0.3, 0.4) is 0 Å². The van der Waals surface area contributed by atoms with E-state index in [9.17, 15) is 0 Å². The van der Waals surface area contributed by atoms with Crippen LogP contribution in [0.4, 0.5) is 0 Å². The first-order valence-corrected chi connectivity index (χ1v) is 26.2. The molecule has 11 aromatic carbocycles. The Bertz CT molecular complexity index is 3980. The summed E-state index contributed by atoms with van der Waals surface area (Å²) in [6.07, 6.45) is 0. The number of hydrogen-bond acceptors (Lipinski definition) is 0. The molecule has 0 N–H and O–H groups in total. The summed E-state index contributed by atoms with van der Waals surface area (Å²) in [5.74, 6) is 0. The van der Waals surface area contributed by atoms with Crippen molar-refractivity contribution in [2.24, 2.45) is 0 Å². The molecule has 0 spiro atoms. The molecule has 0 atom stereocenters. The summed E-state index contributed by atoms with van der Waals surface area (Å²) in [5.41, 5.74) is 20.9. The summed E-state index contributed by atoms with van der Waals surface area (Å²) < 4.78 is 3.64. The van der Waals surface area contributed by atoms with Gasteiger partial charge in [-0.1, -0.05) is 211 Å². The predicted octanol–water partition coefficient (Wildman–Crippen LogP) is 20.3. The first-order valence-electron chi connectivity index (χ1n) is 25.2. The Morgan fingerprint density at radius 3 is 1.01 bits per heavy atom. The van der Waals surface area contributed by atoms with Crippen LogP contribution in [0.1, 0.15) is 52.7 Å². The summed E-state index contributed by atoms with van der Waals surface area (Å²) in [6.45, 7) is 13.9. The lowest BCUT2D eigenvalue weighted by atomic mass is 9.79. The van der Waals surface area contributed by atoms with Crippen molar-refractivity contribution in [2.75, 3.05) is 0 Å². The monoisotopic (exact) mass is 1040 g/mol. The Kier molecular flexibility index (Phi) is 11.4. The van der Waals surface area contributed by atoms with Gasteiger partial charge in [-0.3, -0.25) is 0 Å². The van der Waals surface area contributed by atoms with Crippen LogP contribution in [0, 0.1) is 3.57 Å². The second-order valence-electron chi connectivity index (χ2n) is 21.5. The average molecular weight is 1040 g/mol. The highest BCUT2D eigenvalue weighted by molar-refractivity contribution is 14.1. The number of halogens is 1. The zero-order valence-electron chi connectivity index (χ0n) is 41.8. The molecular weight excluding hydrogens is 982 g/mol. The molecule has 0 saturated carbocycles. The van der Waals surface area contributed by atoms with E-state index in [2.05, 4.69) is 299 Å². The molecule has 1 aromatic heterocycles. The molecule has 1 heterocycles. The summed E-state index contributed by atoms with van der Waals surface area (Å²) >= 11 is 2.38. The lowest BCUT2D eigenvalue weighted by Crippen LogP contribution is -2.11. The standard InChI is InChI=1S/C70H56IN/c1-69(2,3)55-34-38-60-63(43-55)67(59-37-33-56(70(4,5)6)44-64(59)68(60)52-27-23-48(24-28-52)49-29-35-57(71)36-30-49)51-25-21-47(22-26-51)46-17-19-50(20-18-46)54-32-40-66-62(42-54)61-41-53(45-13-9-7-10-14-45)31-39-65(61)72(66)58-15-11-8-12-16-58/h7-44H,1-6H3. The molecule has 348 valence electrons. The first kappa shape index (κ1) is 45.6. The zero-order valence-corrected chi connectivity index (χ0v) is 43.9. The van der Waals surface area contributed by atoms with Gasteiger partial charge in [-0.15, -0.1) is 0 Å². The van der Waals surface area contributed by atoms with Crippen molar-refractivity contribution in [3.8, 4) is 72.4 Å². The molecule has 0 fully saturated rings. The maximum absolute atomic E-state index is 2.47. The van der Waals surface area contributed by atoms with E-state index in [1.807, 2.05) is 0 Å². The molecule has 0 amide bonds. The average Bonchev–Trinajstić information content (AvgIpc) is 3.73. The van der Waals surface area contributed by atoms with E-state index in [0.717, 1.165) is 5.69 Å². The smallest absolute Gasteiger partial charge is 0.0541 e. The maximum atomic E-state index is 2.47. The topological polar surface area (TPSA) is 4.93 Å². The van der Waals surface area contributed by atoms with Gasteiger partial charge in [0.05, 0.1) is 11.0 Å². The molecule has 0 saturated heterocycles. The summed E-state index contributed by atoms with van der Waals surface area (Å²) in [5, 5.41) is 7.62. The minimum absolute atomic E-state index is 0.00925. The van der Waals surface area contributed by atoms with Crippen molar-refractivity contribution in [2.45, 2.75) is 52.4 Å². The molecule has 2 heteroatoms. The predicted molar refractivity (Wildman–Crippen MR) is 319 cm³/mol. The minimum Gasteiger partial charge on any atom is -0.309 e. The van der Waals surface area contributed by atoms with Crippen LogP contribution in [0.5, 0.6) is 0 Å². The fourth-order valence-corrected chi connectivity index (χ4v) is 11.2. The fraction of sp³-hybridized carbons (Fsp3) is 0.114. The number of aromatic nitrogens is 1. The molecule has 0 radical (unpaired) electrons. The van der Waals surface area contributed by atoms with Crippen molar-refractivity contribution in [1.82, 2.24) is 4.57 Å². The van der Waals surface area contributed by atoms with Gasteiger partial charge in [0.15, 0.2) is 0 Å². The van der Waals surface area contributed by atoms with E-state index >= 15 is 0 Å². The summed E-state index contributed by atoms with van der Waals surface area (Å²) in [7, 11) is 0. The Balaban J connectivity index is 0.942. The van der Waals surface area contributed by atoms with Crippen molar-refractivity contribution in [3.05, 3.63) is 245 Å². The van der Waals surface area contributed by atoms with Crippen molar-refractivity contribution >= 4 is 65.9 Å². The van der Waals surface area contributed by atoms with E-state index in [-0.39, 0.29) is 10.8 Å². The van der Waals surface area contributed by atoms with Crippen molar-refractivity contribution < 1.29 is 0 Å². The molecular formula is C70H56IN. The van der Waals surface area contributed by atoms with Gasteiger partial charge < -0.3 is 4.57 Å². The van der Waals surface area contributed by atoms with Gasteiger partial charge in [-0.2, -0.15) is 0 Å². The zero-order chi connectivity index (χ0) is 49.3. The van der Waals surface area contributed by atoms with E-state index < -0.39 is 0 Å². The highest BCUT2D eigenvalue weighted by atomic mass is 127. The minimum atomic E-state index is -0.0134. The van der Waals surface area contributed by atoms with Gasteiger partial charge in [0.25, 0.3) is 0 Å². The fourth-order valence-electron chi connectivity index (χ4n) is 10.8. The van der Waals surface area contributed by atoms with E-state index in [0.29, 0.717) is 0 Å². The molecule has 12 rings (SSSR count). The quantitative estimate of drug-likeness (QED) is 0.111. The van der Waals surface area contributed by atoms with Crippen LogP contribution in [0.15, 0.2) is 231 Å². The van der Waals surface area contributed by atoms with Crippen LogP contribution in [-0.4, -0.2) is 4.57 Å². The normalized spacial score (nSPS) is 12.1. The van der Waals surface area contributed by atoms with Crippen molar-refractivity contribution in [3.63, 3.8) is 0 Å². The van der Waals surface area contributed by atoms with Gasteiger partial charge in [-0.25, -0.2) is 0 Å². The van der Waals surface area contributed by atoms with Gasteiger partial charge in [0, 0.05) is 20.0 Å². The number of nitrogens with zero attached hydrogens (tertiary/aromatic N) is 1. The van der Waals surface area contributed by atoms with Crippen LogP contribution < -0.4 is 0 Å². The third kappa shape index (κ3) is 8.32. The molecule has 12 aromatic rings. The number of benzene rings is 11. The third-order valence-electron chi connectivity index (χ3n) is 14.8. The van der Waals surface area contributed by atoms with Crippen LogP contribution in [-0.2, 0) is 10.8 Å². The molecule has 0 unspecified atom stereocenters. The van der Waals surface area contributed by atoms with Gasteiger partial charge in [0.2, 0.25) is 0 Å². The largest absolute Gasteiger partial charge is 0.309 e. The Morgan fingerprint density at radius 2 is 0.611 bits per heavy atom. The Morgan fingerprint density at radius 1 is 0.278 bits per heavy atom. The van der Waals surface area contributed by atoms with Crippen LogP contribution in [0.2, 0.25) is 0 Å². The van der Waals surface area contributed by atoms with E-state index in [1.165, 1.54) is 125 Å². The molecule has 0 aliphatic carbocycles. The second-order valence-corrected chi connectivity index (χ2v) is 22.8. The third-order valence-corrected chi connectivity index (χ3v) is 15.5. The first-order chi connectivity index (χ1) is 34.9. The number of para-hydroxylation sites is 1. The molecule has 1 nitrogen and oxygen atoms in total. The number of fused-ring (bicyclic) bond motifs is 5. The molecule has 0 bridgehead atoms. The lowest BCUT2D eigenvalue weighted by molar-refractivity contribution is 0.590. The summed E-state index contributed by atoms with van der Waals surface area (Å²) in [6, 6.07) is 86.1. The lowest BCUT2D eigenvalue weighted by Gasteiger charge is -2.25. The van der Waals surface area contributed by atoms with E-state index in [4.69, 9.17) is 0 Å². The highest BCUT2D eigenvalue weighted by Crippen LogP contribution is 2.47. The van der Waals surface area contributed by atoms with E-state index in [1.54, 1.807) is 0 Å². The summed E-state index contributed by atoms with van der Waals surface area (Å²) in [4.78, 5) is 0. The highest BCUT2D eigenvalue weighted by Gasteiger charge is 2.23. The number of rotatable bonds is 7. The maximum Gasteiger partial charge on any atom is 0.0541 e. The number of hydrogen-bond donors (Lipinski definition) is 0. The SMILES string of the molecule is CC(C)(C)c1ccc2c(-c3ccc(-c4ccc(-c5ccc6c(c5)c5cc(-c7ccccc7)ccc5n6-c5ccccc5)cc4)cc3)c3cc(C(C)(C)C)ccc3c(-c3ccc(-c4ccc(I)cc4)cc3)c2c1. The van der Waals surface area contributed by atoms with Crippen LogP contribution in [0.25, 0.3) is 116 Å². The molecule has 0 aliphatic heterocycles. The van der Waals surface area contributed by atoms with Gasteiger partial charge >= 0.3 is 0 Å². The Labute approximate surface area is 437 Å². The van der Waals surface area contributed by atoms with Gasteiger partial charge in [-0.05, 0) is 194 Å². The van der Waals surface area contributed by atoms with Gasteiger partial charge in [0.1, 0.15) is 0 Å². The molecule has 0 aliphatic rings. The second kappa shape index (κ2) is 17.9.